The molecule has 0 atom stereocenters. The average molecular weight is 381 g/mol. The number of rotatable bonds is 7. The molecule has 0 saturated carbocycles. The van der Waals surface area contributed by atoms with Gasteiger partial charge in [0.1, 0.15) is 0 Å². The van der Waals surface area contributed by atoms with Crippen molar-refractivity contribution in [3.05, 3.63) is 35.0 Å². The molecule has 0 aliphatic carbocycles. The van der Waals surface area contributed by atoms with E-state index in [9.17, 15) is 14.4 Å². The second-order valence-electron chi connectivity index (χ2n) is 5.68. The van der Waals surface area contributed by atoms with Gasteiger partial charge in [0.05, 0.1) is 23.8 Å². The number of esters is 2. The van der Waals surface area contributed by atoms with E-state index in [1.165, 1.54) is 6.92 Å². The van der Waals surface area contributed by atoms with E-state index in [0.29, 0.717) is 16.1 Å². The number of H-pyrrole nitrogens is 1. The zero-order valence-electron chi connectivity index (χ0n) is 14.8. The van der Waals surface area contributed by atoms with E-state index in [1.54, 1.807) is 32.2 Å². The van der Waals surface area contributed by atoms with Gasteiger partial charge >= 0.3 is 11.9 Å². The maximum Gasteiger partial charge on any atom is 0.344 e. The first-order valence-electron chi connectivity index (χ1n) is 8.23. The Bertz CT molecular complexity index is 812. The van der Waals surface area contributed by atoms with Gasteiger partial charge in [-0.15, -0.1) is 0 Å². The van der Waals surface area contributed by atoms with Crippen molar-refractivity contribution in [3.63, 3.8) is 0 Å². The number of amides is 1. The minimum Gasteiger partial charge on any atom is -0.464 e. The summed E-state index contributed by atoms with van der Waals surface area (Å²) in [5.41, 5.74) is -0.680. The van der Waals surface area contributed by atoms with Crippen molar-refractivity contribution in [2.75, 3.05) is 13.2 Å². The first-order chi connectivity index (χ1) is 12.4. The predicted octanol–water partition coefficient (Wildman–Crippen LogP) is 2.36. The van der Waals surface area contributed by atoms with Gasteiger partial charge in [0, 0.05) is 24.9 Å². The number of fused-ring (bicyclic) bond motifs is 1. The normalized spacial score (nSPS) is 11.2. The number of benzene rings is 1. The molecule has 0 saturated heterocycles. The molecule has 0 spiro atoms. The molecule has 1 aromatic carbocycles. The second-order valence-corrected chi connectivity index (χ2v) is 6.09. The van der Waals surface area contributed by atoms with Gasteiger partial charge in [0.25, 0.3) is 0 Å². The van der Waals surface area contributed by atoms with E-state index in [4.69, 9.17) is 21.1 Å². The zero-order chi connectivity index (χ0) is 19.3. The summed E-state index contributed by atoms with van der Waals surface area (Å²) in [5.74, 6) is -2.29. The Labute approximate surface area is 156 Å². The van der Waals surface area contributed by atoms with Crippen molar-refractivity contribution >= 4 is 40.3 Å². The molecule has 0 bridgehead atoms. The predicted molar refractivity (Wildman–Crippen MR) is 96.8 cm³/mol. The monoisotopic (exact) mass is 380 g/mol. The highest BCUT2D eigenvalue weighted by molar-refractivity contribution is 6.35. The fourth-order valence-corrected chi connectivity index (χ4v) is 3.02. The lowest BCUT2D eigenvalue weighted by molar-refractivity contribution is -0.167. The van der Waals surface area contributed by atoms with Crippen molar-refractivity contribution < 1.29 is 23.9 Å². The lowest BCUT2D eigenvalue weighted by atomic mass is 9.90. The number of aromatic nitrogens is 1. The highest BCUT2D eigenvalue weighted by atomic mass is 35.5. The van der Waals surface area contributed by atoms with Crippen LogP contribution in [0.25, 0.3) is 10.9 Å². The number of hydrogen-bond donors (Lipinski definition) is 2. The quantitative estimate of drug-likeness (QED) is 0.567. The van der Waals surface area contributed by atoms with Crippen molar-refractivity contribution in [1.29, 1.82) is 0 Å². The van der Waals surface area contributed by atoms with E-state index < -0.39 is 23.4 Å². The summed E-state index contributed by atoms with van der Waals surface area (Å²) in [5, 5.41) is 3.69. The molecule has 7 nitrogen and oxygen atoms in total. The molecule has 0 aliphatic heterocycles. The van der Waals surface area contributed by atoms with Crippen LogP contribution in [0, 0.1) is 0 Å². The number of aromatic amines is 1. The minimum atomic E-state index is -1.98. The molecular formula is C18H21ClN2O5. The molecule has 1 heterocycles. The Morgan fingerprint density at radius 1 is 1.15 bits per heavy atom. The summed E-state index contributed by atoms with van der Waals surface area (Å²) >= 11 is 6.17. The molecule has 1 aromatic heterocycles. The van der Waals surface area contributed by atoms with Crippen molar-refractivity contribution in [3.8, 4) is 0 Å². The van der Waals surface area contributed by atoms with Crippen LogP contribution in [0.1, 0.15) is 26.3 Å². The maximum absolute atomic E-state index is 12.7. The van der Waals surface area contributed by atoms with E-state index in [0.717, 1.165) is 5.39 Å². The topological polar surface area (TPSA) is 97.5 Å². The number of carbonyl (C=O) groups excluding carboxylic acids is 3. The third kappa shape index (κ3) is 3.83. The van der Waals surface area contributed by atoms with Crippen LogP contribution in [0.2, 0.25) is 5.02 Å². The Hall–Kier alpha value is -2.54. The van der Waals surface area contributed by atoms with E-state index >= 15 is 0 Å². The third-order valence-corrected chi connectivity index (χ3v) is 4.16. The lowest BCUT2D eigenvalue weighted by Crippen LogP contribution is -2.62. The number of hydrogen-bond acceptors (Lipinski definition) is 5. The molecule has 2 rings (SSSR count). The van der Waals surface area contributed by atoms with Crippen molar-refractivity contribution in [2.45, 2.75) is 32.7 Å². The highest BCUT2D eigenvalue weighted by Crippen LogP contribution is 2.29. The Kier molecular flexibility index (Phi) is 6.26. The molecule has 140 valence electrons. The van der Waals surface area contributed by atoms with Crippen LogP contribution in [0.3, 0.4) is 0 Å². The third-order valence-electron chi connectivity index (χ3n) is 3.84. The van der Waals surface area contributed by atoms with Crippen LogP contribution in [-0.4, -0.2) is 41.6 Å². The number of carbonyl (C=O) groups is 3. The maximum atomic E-state index is 12.7. The number of ether oxygens (including phenoxy) is 2. The summed E-state index contributed by atoms with van der Waals surface area (Å²) < 4.78 is 10.1. The van der Waals surface area contributed by atoms with Crippen molar-refractivity contribution in [2.24, 2.45) is 0 Å². The second kappa shape index (κ2) is 8.23. The van der Waals surface area contributed by atoms with Crippen LogP contribution >= 0.6 is 11.6 Å². The van der Waals surface area contributed by atoms with E-state index in [2.05, 4.69) is 10.3 Å². The molecule has 0 aliphatic rings. The minimum absolute atomic E-state index is 0.0548. The summed E-state index contributed by atoms with van der Waals surface area (Å²) in [7, 11) is 0. The molecule has 0 unspecified atom stereocenters. The van der Waals surface area contributed by atoms with Gasteiger partial charge in [-0.25, -0.2) is 9.59 Å². The highest BCUT2D eigenvalue weighted by Gasteiger charge is 2.50. The smallest absolute Gasteiger partial charge is 0.344 e. The Morgan fingerprint density at radius 2 is 1.77 bits per heavy atom. The van der Waals surface area contributed by atoms with Crippen LogP contribution < -0.4 is 5.32 Å². The summed E-state index contributed by atoms with van der Waals surface area (Å²) in [6, 6.07) is 5.29. The molecule has 0 radical (unpaired) electrons. The fraction of sp³-hybridized carbons (Fsp3) is 0.389. The number of para-hydroxylation sites is 1. The van der Waals surface area contributed by atoms with Crippen LogP contribution in [0.5, 0.6) is 0 Å². The van der Waals surface area contributed by atoms with Crippen LogP contribution in [0.15, 0.2) is 24.4 Å². The summed E-state index contributed by atoms with van der Waals surface area (Å²) in [6.07, 6.45) is 1.51. The first-order valence-corrected chi connectivity index (χ1v) is 8.61. The molecule has 1 amide bonds. The summed E-state index contributed by atoms with van der Waals surface area (Å²) in [6.45, 7) is 4.57. The van der Waals surface area contributed by atoms with Crippen molar-refractivity contribution in [1.82, 2.24) is 10.3 Å². The van der Waals surface area contributed by atoms with Gasteiger partial charge in [0.15, 0.2) is 0 Å². The van der Waals surface area contributed by atoms with Crippen LogP contribution in [-0.2, 0) is 30.3 Å². The number of halogens is 1. The molecule has 2 N–H and O–H groups in total. The largest absolute Gasteiger partial charge is 0.464 e. The summed E-state index contributed by atoms with van der Waals surface area (Å²) in [4.78, 5) is 40.1. The standard InChI is InChI=1S/C18H21ClN2O5/c1-4-25-16(23)18(21-11(3)22,17(24)26-5-2)9-12-10-20-15-13(12)7-6-8-14(15)19/h6-8,10,20H,4-5,9H2,1-3H3,(H,21,22). The van der Waals surface area contributed by atoms with Crippen LogP contribution in [0.4, 0.5) is 0 Å². The average Bonchev–Trinajstić information content (AvgIpc) is 2.98. The van der Waals surface area contributed by atoms with Gasteiger partial charge in [-0.1, -0.05) is 23.7 Å². The lowest BCUT2D eigenvalue weighted by Gasteiger charge is -2.29. The van der Waals surface area contributed by atoms with Gasteiger partial charge in [-0.3, -0.25) is 4.79 Å². The SMILES string of the molecule is CCOC(=O)C(Cc1c[nH]c2c(Cl)cccc12)(NC(C)=O)C(=O)OCC. The van der Waals surface area contributed by atoms with Gasteiger partial charge in [-0.05, 0) is 25.5 Å². The molecular weight excluding hydrogens is 360 g/mol. The molecule has 2 aromatic rings. The van der Waals surface area contributed by atoms with Gasteiger partial charge in [-0.2, -0.15) is 0 Å². The van der Waals surface area contributed by atoms with E-state index in [1.807, 2.05) is 6.07 Å². The number of nitrogens with one attached hydrogen (secondary N) is 2. The zero-order valence-corrected chi connectivity index (χ0v) is 15.6. The Balaban J connectivity index is 2.56. The fourth-order valence-electron chi connectivity index (χ4n) is 2.79. The Morgan fingerprint density at radius 3 is 2.31 bits per heavy atom. The first kappa shape index (κ1) is 19.8. The molecule has 8 heteroatoms. The molecule has 26 heavy (non-hydrogen) atoms. The van der Waals surface area contributed by atoms with Gasteiger partial charge in [0.2, 0.25) is 11.4 Å². The van der Waals surface area contributed by atoms with Gasteiger partial charge < -0.3 is 19.8 Å². The molecule has 0 fully saturated rings. The van der Waals surface area contributed by atoms with E-state index in [-0.39, 0.29) is 19.6 Å².